The molecule has 0 aliphatic rings. The van der Waals surface area contributed by atoms with E-state index in [1.807, 2.05) is 37.3 Å². The van der Waals surface area contributed by atoms with Crippen molar-refractivity contribution in [1.82, 2.24) is 9.97 Å². The number of anilines is 2. The lowest BCUT2D eigenvalue weighted by molar-refractivity contribution is 0.873. The molecule has 1 atom stereocenters. The first-order chi connectivity index (χ1) is 9.20. The average Bonchev–Trinajstić information content (AvgIpc) is 2.40. The minimum atomic E-state index is -0.0411. The Morgan fingerprint density at radius 3 is 2.79 bits per heavy atom. The largest absolute Gasteiger partial charge is 0.340 e. The monoisotopic (exact) mass is 275 g/mol. The molecule has 19 heavy (non-hydrogen) atoms. The van der Waals surface area contributed by atoms with E-state index in [2.05, 4.69) is 22.2 Å². The molecule has 1 aromatic heterocycles. The third-order valence-electron chi connectivity index (χ3n) is 2.88. The molecular formula is C15H18ClN3. The maximum absolute atomic E-state index is 6.18. The first-order valence-corrected chi connectivity index (χ1v) is 6.95. The Labute approximate surface area is 119 Å². The van der Waals surface area contributed by atoms with Crippen LogP contribution >= 0.6 is 11.6 Å². The lowest BCUT2D eigenvalue weighted by Gasteiger charge is -2.13. The quantitative estimate of drug-likeness (QED) is 0.818. The van der Waals surface area contributed by atoms with E-state index in [9.17, 15) is 0 Å². The Bertz CT molecular complexity index is 540. The smallest absolute Gasteiger partial charge is 0.133 e. The third-order valence-corrected chi connectivity index (χ3v) is 3.12. The molecule has 1 unspecified atom stereocenters. The summed E-state index contributed by atoms with van der Waals surface area (Å²) in [5.74, 6) is 0.809. The molecule has 0 saturated carbocycles. The molecule has 0 radical (unpaired) electrons. The molecule has 0 amide bonds. The van der Waals surface area contributed by atoms with Crippen LogP contribution in [-0.4, -0.2) is 9.97 Å². The van der Waals surface area contributed by atoms with E-state index < -0.39 is 0 Å². The Morgan fingerprint density at radius 2 is 2.05 bits per heavy atom. The van der Waals surface area contributed by atoms with E-state index >= 15 is 0 Å². The van der Waals surface area contributed by atoms with Gasteiger partial charge in [-0.2, -0.15) is 0 Å². The Hall–Kier alpha value is -1.61. The SMILES string of the molecule is CCCc1cc(Nc2ccccc2C(C)Cl)ncn1. The summed E-state index contributed by atoms with van der Waals surface area (Å²) in [6.07, 6.45) is 3.64. The molecule has 4 heteroatoms. The van der Waals surface area contributed by atoms with Crippen LogP contribution in [0.5, 0.6) is 0 Å². The molecular weight excluding hydrogens is 258 g/mol. The van der Waals surface area contributed by atoms with Gasteiger partial charge in [0.25, 0.3) is 0 Å². The number of para-hydroxylation sites is 1. The number of halogens is 1. The van der Waals surface area contributed by atoms with Crippen LogP contribution in [0.1, 0.15) is 36.9 Å². The van der Waals surface area contributed by atoms with Crippen LogP contribution in [-0.2, 0) is 6.42 Å². The highest BCUT2D eigenvalue weighted by atomic mass is 35.5. The fraction of sp³-hybridized carbons (Fsp3) is 0.333. The summed E-state index contributed by atoms with van der Waals surface area (Å²) in [6.45, 7) is 4.10. The van der Waals surface area contributed by atoms with Crippen molar-refractivity contribution < 1.29 is 0 Å². The normalized spacial score (nSPS) is 12.2. The second-order valence-corrected chi connectivity index (χ2v) is 5.13. The lowest BCUT2D eigenvalue weighted by Crippen LogP contribution is -2.00. The molecule has 0 spiro atoms. The van der Waals surface area contributed by atoms with Crippen molar-refractivity contribution in [1.29, 1.82) is 0 Å². The molecule has 0 bridgehead atoms. The zero-order valence-electron chi connectivity index (χ0n) is 11.2. The van der Waals surface area contributed by atoms with Crippen molar-refractivity contribution in [3.63, 3.8) is 0 Å². The van der Waals surface area contributed by atoms with Gasteiger partial charge in [-0.1, -0.05) is 31.5 Å². The van der Waals surface area contributed by atoms with Gasteiger partial charge in [0.2, 0.25) is 0 Å². The van der Waals surface area contributed by atoms with E-state index in [1.54, 1.807) is 6.33 Å². The fourth-order valence-electron chi connectivity index (χ4n) is 1.95. The van der Waals surface area contributed by atoms with E-state index in [0.717, 1.165) is 35.6 Å². The van der Waals surface area contributed by atoms with Gasteiger partial charge in [-0.3, -0.25) is 0 Å². The summed E-state index contributed by atoms with van der Waals surface area (Å²) in [4.78, 5) is 8.50. The van der Waals surface area contributed by atoms with Crippen molar-refractivity contribution in [3.8, 4) is 0 Å². The topological polar surface area (TPSA) is 37.8 Å². The predicted molar refractivity (Wildman–Crippen MR) is 80.0 cm³/mol. The molecule has 0 aliphatic heterocycles. The predicted octanol–water partition coefficient (Wildman–Crippen LogP) is 4.47. The van der Waals surface area contributed by atoms with E-state index in [4.69, 9.17) is 11.6 Å². The molecule has 100 valence electrons. The number of nitrogens with one attached hydrogen (secondary N) is 1. The van der Waals surface area contributed by atoms with Gasteiger partial charge in [-0.25, -0.2) is 9.97 Å². The van der Waals surface area contributed by atoms with Crippen LogP contribution in [0.25, 0.3) is 0 Å². The number of aromatic nitrogens is 2. The number of hydrogen-bond donors (Lipinski definition) is 1. The molecule has 2 aromatic rings. The second-order valence-electron chi connectivity index (χ2n) is 4.47. The van der Waals surface area contributed by atoms with Crippen LogP contribution in [0, 0.1) is 0 Å². The van der Waals surface area contributed by atoms with Gasteiger partial charge in [0.05, 0.1) is 5.38 Å². The van der Waals surface area contributed by atoms with E-state index in [-0.39, 0.29) is 5.38 Å². The van der Waals surface area contributed by atoms with Crippen LogP contribution in [0.3, 0.4) is 0 Å². The standard InChI is InChI=1S/C15H18ClN3/c1-3-6-12-9-15(18-10-17-12)19-14-8-5-4-7-13(14)11(2)16/h4-5,7-11H,3,6H2,1-2H3,(H,17,18,19). The summed E-state index contributed by atoms with van der Waals surface area (Å²) >= 11 is 6.18. The molecule has 1 N–H and O–H groups in total. The molecule has 0 fully saturated rings. The minimum absolute atomic E-state index is 0.0411. The van der Waals surface area contributed by atoms with Crippen LogP contribution < -0.4 is 5.32 Å². The fourth-order valence-corrected chi connectivity index (χ4v) is 2.14. The summed E-state index contributed by atoms with van der Waals surface area (Å²) in [7, 11) is 0. The molecule has 0 aliphatic carbocycles. The van der Waals surface area contributed by atoms with Crippen molar-refractivity contribution in [3.05, 3.63) is 47.9 Å². The highest BCUT2D eigenvalue weighted by Gasteiger charge is 2.08. The van der Waals surface area contributed by atoms with Gasteiger partial charge in [0.1, 0.15) is 12.1 Å². The zero-order valence-corrected chi connectivity index (χ0v) is 12.0. The van der Waals surface area contributed by atoms with Crippen molar-refractivity contribution in [2.45, 2.75) is 32.1 Å². The van der Waals surface area contributed by atoms with Crippen LogP contribution in [0.15, 0.2) is 36.7 Å². The second kappa shape index (κ2) is 6.53. The highest BCUT2D eigenvalue weighted by Crippen LogP contribution is 2.28. The number of hydrogen-bond acceptors (Lipinski definition) is 3. The number of alkyl halides is 1. The minimum Gasteiger partial charge on any atom is -0.340 e. The Morgan fingerprint density at radius 1 is 1.26 bits per heavy atom. The lowest BCUT2D eigenvalue weighted by atomic mass is 10.1. The molecule has 2 rings (SSSR count). The van der Waals surface area contributed by atoms with Gasteiger partial charge >= 0.3 is 0 Å². The maximum Gasteiger partial charge on any atom is 0.133 e. The summed E-state index contributed by atoms with van der Waals surface area (Å²) < 4.78 is 0. The average molecular weight is 276 g/mol. The zero-order chi connectivity index (χ0) is 13.7. The Kier molecular flexibility index (Phi) is 4.74. The van der Waals surface area contributed by atoms with Gasteiger partial charge in [0.15, 0.2) is 0 Å². The highest BCUT2D eigenvalue weighted by molar-refractivity contribution is 6.21. The van der Waals surface area contributed by atoms with Gasteiger partial charge in [0, 0.05) is 17.4 Å². The maximum atomic E-state index is 6.18. The van der Waals surface area contributed by atoms with E-state index in [0.29, 0.717) is 0 Å². The molecule has 1 aromatic carbocycles. The van der Waals surface area contributed by atoms with Crippen molar-refractivity contribution in [2.75, 3.05) is 5.32 Å². The first-order valence-electron chi connectivity index (χ1n) is 6.51. The number of nitrogens with zero attached hydrogens (tertiary/aromatic N) is 2. The Balaban J connectivity index is 2.23. The molecule has 1 heterocycles. The third kappa shape index (κ3) is 3.67. The van der Waals surface area contributed by atoms with Gasteiger partial charge in [-0.05, 0) is 25.0 Å². The van der Waals surface area contributed by atoms with Crippen molar-refractivity contribution in [2.24, 2.45) is 0 Å². The first kappa shape index (κ1) is 13.8. The summed E-state index contributed by atoms with van der Waals surface area (Å²) in [6, 6.07) is 9.99. The van der Waals surface area contributed by atoms with Crippen LogP contribution in [0.4, 0.5) is 11.5 Å². The number of rotatable bonds is 5. The van der Waals surface area contributed by atoms with Gasteiger partial charge < -0.3 is 5.32 Å². The molecule has 3 nitrogen and oxygen atoms in total. The van der Waals surface area contributed by atoms with Crippen LogP contribution in [0.2, 0.25) is 0 Å². The molecule has 0 saturated heterocycles. The van der Waals surface area contributed by atoms with Gasteiger partial charge in [-0.15, -0.1) is 11.6 Å². The van der Waals surface area contributed by atoms with E-state index in [1.165, 1.54) is 0 Å². The number of benzene rings is 1. The summed E-state index contributed by atoms with van der Waals surface area (Å²) in [5, 5.41) is 3.28. The van der Waals surface area contributed by atoms with Crippen molar-refractivity contribution >= 4 is 23.1 Å². The summed E-state index contributed by atoms with van der Waals surface area (Å²) in [5.41, 5.74) is 3.11. The number of aryl methyl sites for hydroxylation is 1.